The standard InChI is InChI=1S/C11H15NO2S/c13-10(14)6-9-7-15-11(12-9)8-4-2-1-3-5-8/h7-8H,1-6H2,(H,13,14). The van der Waals surface area contributed by atoms with E-state index in [9.17, 15) is 4.79 Å². The number of nitrogens with zero attached hydrogens (tertiary/aromatic N) is 1. The van der Waals surface area contributed by atoms with Crippen molar-refractivity contribution in [3.63, 3.8) is 0 Å². The molecule has 0 saturated heterocycles. The largest absolute Gasteiger partial charge is 0.481 e. The molecule has 1 saturated carbocycles. The van der Waals surface area contributed by atoms with Crippen molar-refractivity contribution in [3.8, 4) is 0 Å². The minimum atomic E-state index is -0.796. The highest BCUT2D eigenvalue weighted by Crippen LogP contribution is 2.34. The molecule has 3 nitrogen and oxygen atoms in total. The van der Waals surface area contributed by atoms with E-state index in [1.54, 1.807) is 11.3 Å². The quantitative estimate of drug-likeness (QED) is 0.860. The van der Waals surface area contributed by atoms with Gasteiger partial charge < -0.3 is 5.11 Å². The molecule has 0 radical (unpaired) electrons. The Bertz CT molecular complexity index is 342. The van der Waals surface area contributed by atoms with Gasteiger partial charge in [-0.2, -0.15) is 0 Å². The molecular formula is C11H15NO2S. The van der Waals surface area contributed by atoms with Gasteiger partial charge in [0, 0.05) is 11.3 Å². The summed E-state index contributed by atoms with van der Waals surface area (Å²) in [4.78, 5) is 14.9. The summed E-state index contributed by atoms with van der Waals surface area (Å²) in [7, 11) is 0. The van der Waals surface area contributed by atoms with Gasteiger partial charge >= 0.3 is 5.97 Å². The van der Waals surface area contributed by atoms with Crippen molar-refractivity contribution < 1.29 is 9.90 Å². The maximum absolute atomic E-state index is 10.5. The Morgan fingerprint density at radius 2 is 2.20 bits per heavy atom. The third-order valence-electron chi connectivity index (χ3n) is 2.86. The smallest absolute Gasteiger partial charge is 0.309 e. The molecule has 1 aromatic rings. The van der Waals surface area contributed by atoms with Gasteiger partial charge in [0.25, 0.3) is 0 Å². The minimum Gasteiger partial charge on any atom is -0.481 e. The predicted octanol–water partition coefficient (Wildman–Crippen LogP) is 2.82. The number of aromatic nitrogens is 1. The van der Waals surface area contributed by atoms with Gasteiger partial charge in [0.15, 0.2) is 0 Å². The van der Waals surface area contributed by atoms with Crippen LogP contribution in [0.4, 0.5) is 0 Å². The molecule has 0 unspecified atom stereocenters. The van der Waals surface area contributed by atoms with Crippen molar-refractivity contribution in [1.82, 2.24) is 4.98 Å². The Morgan fingerprint density at radius 1 is 1.47 bits per heavy atom. The molecule has 4 heteroatoms. The van der Waals surface area contributed by atoms with E-state index in [1.165, 1.54) is 32.1 Å². The summed E-state index contributed by atoms with van der Waals surface area (Å²) in [5.74, 6) is -0.207. The van der Waals surface area contributed by atoms with Gasteiger partial charge in [-0.15, -0.1) is 11.3 Å². The molecule has 82 valence electrons. The summed E-state index contributed by atoms with van der Waals surface area (Å²) in [6, 6.07) is 0. The van der Waals surface area contributed by atoms with E-state index in [4.69, 9.17) is 5.11 Å². The number of hydrogen-bond acceptors (Lipinski definition) is 3. The lowest BCUT2D eigenvalue weighted by Gasteiger charge is -2.18. The second kappa shape index (κ2) is 4.75. The molecule has 0 spiro atoms. The number of carbonyl (C=O) groups is 1. The Hall–Kier alpha value is -0.900. The first kappa shape index (κ1) is 10.6. The number of carboxylic acid groups (broad SMARTS) is 1. The van der Waals surface area contributed by atoms with Crippen molar-refractivity contribution in [2.24, 2.45) is 0 Å². The molecule has 1 N–H and O–H groups in total. The van der Waals surface area contributed by atoms with Crippen LogP contribution < -0.4 is 0 Å². The normalized spacial score (nSPS) is 17.9. The zero-order chi connectivity index (χ0) is 10.7. The molecule has 2 rings (SSSR count). The van der Waals surface area contributed by atoms with Crippen molar-refractivity contribution in [2.45, 2.75) is 44.4 Å². The van der Waals surface area contributed by atoms with Gasteiger partial charge in [0.2, 0.25) is 0 Å². The van der Waals surface area contributed by atoms with Crippen molar-refractivity contribution in [2.75, 3.05) is 0 Å². The molecule has 1 aliphatic rings. The van der Waals surface area contributed by atoms with Crippen LogP contribution in [-0.2, 0) is 11.2 Å². The van der Waals surface area contributed by atoms with E-state index in [2.05, 4.69) is 4.98 Å². The van der Waals surface area contributed by atoms with Crippen LogP contribution in [0.15, 0.2) is 5.38 Å². The molecule has 1 aliphatic carbocycles. The summed E-state index contributed by atoms with van der Waals surface area (Å²) in [5.41, 5.74) is 0.716. The first-order valence-corrected chi connectivity index (χ1v) is 6.30. The second-order valence-electron chi connectivity index (χ2n) is 4.08. The van der Waals surface area contributed by atoms with E-state index in [0.717, 1.165) is 5.01 Å². The number of thiazole rings is 1. The molecule has 0 aromatic carbocycles. The fourth-order valence-electron chi connectivity index (χ4n) is 2.10. The fraction of sp³-hybridized carbons (Fsp3) is 0.636. The lowest BCUT2D eigenvalue weighted by atomic mass is 9.90. The van der Waals surface area contributed by atoms with Gasteiger partial charge in [0.1, 0.15) is 0 Å². The summed E-state index contributed by atoms with van der Waals surface area (Å²) in [6.07, 6.45) is 6.42. The summed E-state index contributed by atoms with van der Waals surface area (Å²) in [5, 5.41) is 11.7. The maximum Gasteiger partial charge on any atom is 0.309 e. The van der Waals surface area contributed by atoms with Crippen LogP contribution in [0.2, 0.25) is 0 Å². The molecule has 1 aromatic heterocycles. The lowest BCUT2D eigenvalue weighted by molar-refractivity contribution is -0.136. The summed E-state index contributed by atoms with van der Waals surface area (Å²) < 4.78 is 0. The second-order valence-corrected chi connectivity index (χ2v) is 4.97. The molecule has 1 fully saturated rings. The third kappa shape index (κ3) is 2.78. The number of aliphatic carboxylic acids is 1. The van der Waals surface area contributed by atoms with Crippen molar-refractivity contribution >= 4 is 17.3 Å². The zero-order valence-electron chi connectivity index (χ0n) is 8.61. The van der Waals surface area contributed by atoms with Crippen LogP contribution in [0, 0.1) is 0 Å². The number of hydrogen-bond donors (Lipinski definition) is 1. The highest BCUT2D eigenvalue weighted by atomic mass is 32.1. The molecular weight excluding hydrogens is 210 g/mol. The van der Waals surface area contributed by atoms with Gasteiger partial charge in [-0.05, 0) is 12.8 Å². The third-order valence-corrected chi connectivity index (χ3v) is 3.91. The van der Waals surface area contributed by atoms with E-state index in [-0.39, 0.29) is 6.42 Å². The summed E-state index contributed by atoms with van der Waals surface area (Å²) in [6.45, 7) is 0. The average Bonchev–Trinajstić information content (AvgIpc) is 2.67. The Kier molecular flexibility index (Phi) is 3.36. The van der Waals surface area contributed by atoms with Gasteiger partial charge in [0.05, 0.1) is 17.1 Å². The van der Waals surface area contributed by atoms with Crippen LogP contribution in [0.3, 0.4) is 0 Å². The first-order chi connectivity index (χ1) is 7.25. The van der Waals surface area contributed by atoms with Crippen LogP contribution in [0.5, 0.6) is 0 Å². The molecule has 0 atom stereocenters. The van der Waals surface area contributed by atoms with Crippen LogP contribution in [0.25, 0.3) is 0 Å². The molecule has 0 bridgehead atoms. The van der Waals surface area contributed by atoms with E-state index in [1.807, 2.05) is 5.38 Å². The van der Waals surface area contributed by atoms with Gasteiger partial charge in [-0.3, -0.25) is 4.79 Å². The average molecular weight is 225 g/mol. The maximum atomic E-state index is 10.5. The summed E-state index contributed by atoms with van der Waals surface area (Å²) >= 11 is 1.62. The van der Waals surface area contributed by atoms with Crippen molar-refractivity contribution in [3.05, 3.63) is 16.1 Å². The number of carboxylic acids is 1. The molecule has 0 aliphatic heterocycles. The highest BCUT2D eigenvalue weighted by Gasteiger charge is 2.18. The highest BCUT2D eigenvalue weighted by molar-refractivity contribution is 7.09. The Balaban J connectivity index is 2.02. The Labute approximate surface area is 93.2 Å². The minimum absolute atomic E-state index is 0.0587. The molecule has 15 heavy (non-hydrogen) atoms. The van der Waals surface area contributed by atoms with E-state index >= 15 is 0 Å². The van der Waals surface area contributed by atoms with Crippen LogP contribution in [-0.4, -0.2) is 16.1 Å². The monoisotopic (exact) mass is 225 g/mol. The SMILES string of the molecule is O=C(O)Cc1csc(C2CCCCC2)n1. The van der Waals surface area contributed by atoms with Crippen LogP contribution >= 0.6 is 11.3 Å². The van der Waals surface area contributed by atoms with Crippen molar-refractivity contribution in [1.29, 1.82) is 0 Å². The zero-order valence-corrected chi connectivity index (χ0v) is 9.42. The topological polar surface area (TPSA) is 50.2 Å². The first-order valence-electron chi connectivity index (χ1n) is 5.42. The Morgan fingerprint density at radius 3 is 2.87 bits per heavy atom. The lowest BCUT2D eigenvalue weighted by Crippen LogP contribution is -2.05. The number of rotatable bonds is 3. The fourth-order valence-corrected chi connectivity index (χ4v) is 3.09. The van der Waals surface area contributed by atoms with Gasteiger partial charge in [-0.25, -0.2) is 4.98 Å². The van der Waals surface area contributed by atoms with Crippen LogP contribution in [0.1, 0.15) is 48.7 Å². The van der Waals surface area contributed by atoms with Gasteiger partial charge in [-0.1, -0.05) is 19.3 Å². The molecule has 0 amide bonds. The predicted molar refractivity (Wildman–Crippen MR) is 59.3 cm³/mol. The van der Waals surface area contributed by atoms with E-state index < -0.39 is 5.97 Å². The molecule has 1 heterocycles. The van der Waals surface area contributed by atoms with E-state index in [0.29, 0.717) is 11.6 Å².